The van der Waals surface area contributed by atoms with Crippen molar-refractivity contribution in [2.75, 3.05) is 4.90 Å². The van der Waals surface area contributed by atoms with Gasteiger partial charge in [-0.25, -0.2) is 0 Å². The number of para-hydroxylation sites is 1. The van der Waals surface area contributed by atoms with E-state index in [9.17, 15) is 0 Å². The molecule has 0 saturated heterocycles. The summed E-state index contributed by atoms with van der Waals surface area (Å²) in [7, 11) is 0. The second-order valence-corrected chi connectivity index (χ2v) is 6.83. The molecular formula is C22H25N. The minimum atomic E-state index is 0.0292. The third-order valence-corrected chi connectivity index (χ3v) is 4.97. The Balaban J connectivity index is 2.33. The number of hydrogen-bond acceptors (Lipinski definition) is 1. The first-order valence-electron chi connectivity index (χ1n) is 8.27. The van der Waals surface area contributed by atoms with Crippen molar-refractivity contribution in [2.24, 2.45) is 0 Å². The quantitative estimate of drug-likeness (QED) is 0.631. The summed E-state index contributed by atoms with van der Waals surface area (Å²) in [6, 6.07) is 17.4. The Morgan fingerprint density at radius 3 is 2.30 bits per heavy atom. The van der Waals surface area contributed by atoms with E-state index in [-0.39, 0.29) is 5.41 Å². The molecule has 1 heteroatoms. The zero-order valence-electron chi connectivity index (χ0n) is 14.7. The van der Waals surface area contributed by atoms with Crippen LogP contribution in [-0.4, -0.2) is 0 Å². The molecule has 0 amide bonds. The highest BCUT2D eigenvalue weighted by Gasteiger charge is 2.35. The Hall–Kier alpha value is -2.28. The lowest BCUT2D eigenvalue weighted by molar-refractivity contribution is 0.604. The van der Waals surface area contributed by atoms with Crippen LogP contribution in [0.1, 0.15) is 38.8 Å². The van der Waals surface area contributed by atoms with Crippen LogP contribution in [0, 0.1) is 6.92 Å². The number of rotatable bonds is 2. The molecule has 0 aromatic heterocycles. The van der Waals surface area contributed by atoms with Gasteiger partial charge in [-0.1, -0.05) is 55.8 Å². The summed E-state index contributed by atoms with van der Waals surface area (Å²) >= 11 is 0. The van der Waals surface area contributed by atoms with Crippen LogP contribution in [0.5, 0.6) is 0 Å². The van der Waals surface area contributed by atoms with E-state index in [0.29, 0.717) is 0 Å². The molecule has 1 aliphatic rings. The van der Waals surface area contributed by atoms with Crippen molar-refractivity contribution in [3.63, 3.8) is 0 Å². The van der Waals surface area contributed by atoms with Crippen LogP contribution in [0.2, 0.25) is 0 Å². The second kappa shape index (κ2) is 5.73. The lowest BCUT2D eigenvalue weighted by Gasteiger charge is -2.42. The van der Waals surface area contributed by atoms with Gasteiger partial charge in [0.05, 0.1) is 5.69 Å². The maximum Gasteiger partial charge on any atom is 0.0502 e. The number of fused-ring (bicyclic) bond motifs is 1. The number of anilines is 2. The molecule has 1 nitrogen and oxygen atoms in total. The van der Waals surface area contributed by atoms with E-state index in [1.807, 2.05) is 0 Å². The van der Waals surface area contributed by atoms with Crippen LogP contribution in [-0.2, 0) is 5.41 Å². The third-order valence-electron chi connectivity index (χ3n) is 4.97. The molecule has 0 spiro atoms. The van der Waals surface area contributed by atoms with E-state index in [2.05, 4.69) is 100 Å². The van der Waals surface area contributed by atoms with Gasteiger partial charge in [-0.2, -0.15) is 0 Å². The number of hydrogen-bond donors (Lipinski definition) is 0. The first-order chi connectivity index (χ1) is 11.0. The molecule has 2 aromatic rings. The van der Waals surface area contributed by atoms with Gasteiger partial charge in [0.15, 0.2) is 0 Å². The van der Waals surface area contributed by atoms with Crippen LogP contribution in [0.25, 0.3) is 0 Å². The molecular weight excluding hydrogens is 278 g/mol. The molecule has 0 aliphatic carbocycles. The van der Waals surface area contributed by atoms with Crippen molar-refractivity contribution in [3.05, 3.63) is 83.1 Å². The van der Waals surface area contributed by atoms with Crippen LogP contribution < -0.4 is 4.90 Å². The first-order valence-corrected chi connectivity index (χ1v) is 8.27. The minimum Gasteiger partial charge on any atom is -0.310 e. The van der Waals surface area contributed by atoms with Gasteiger partial charge >= 0.3 is 0 Å². The van der Waals surface area contributed by atoms with Crippen LogP contribution in [0.4, 0.5) is 11.4 Å². The molecule has 23 heavy (non-hydrogen) atoms. The van der Waals surface area contributed by atoms with E-state index in [4.69, 9.17) is 0 Å². The van der Waals surface area contributed by atoms with Gasteiger partial charge in [0.2, 0.25) is 0 Å². The molecule has 0 unspecified atom stereocenters. The van der Waals surface area contributed by atoms with Crippen LogP contribution >= 0.6 is 0 Å². The van der Waals surface area contributed by atoms with Gasteiger partial charge in [-0.05, 0) is 56.2 Å². The maximum absolute atomic E-state index is 2.38. The fraction of sp³-hybridized carbons (Fsp3) is 0.273. The molecule has 1 aliphatic heterocycles. The lowest BCUT2D eigenvalue weighted by atomic mass is 9.73. The topological polar surface area (TPSA) is 3.24 Å². The zero-order chi connectivity index (χ0) is 16.6. The van der Waals surface area contributed by atoms with E-state index in [1.165, 1.54) is 33.8 Å². The highest BCUT2D eigenvalue weighted by Crippen LogP contribution is 2.48. The van der Waals surface area contributed by atoms with Gasteiger partial charge in [0.25, 0.3) is 0 Å². The van der Waals surface area contributed by atoms with Crippen molar-refractivity contribution in [3.8, 4) is 0 Å². The standard InChI is InChI=1S/C22H25N/c1-6-10-20-17(3)22(4,5)19-15-16(2)13-14-21(19)23(20)18-11-8-7-9-12-18/h6-15H,1-5H3/b10-6-. The van der Waals surface area contributed by atoms with Crippen LogP contribution in [0.15, 0.2) is 72.0 Å². The monoisotopic (exact) mass is 303 g/mol. The molecule has 3 rings (SSSR count). The number of allylic oxidation sites excluding steroid dienone is 3. The molecule has 0 radical (unpaired) electrons. The zero-order valence-corrected chi connectivity index (χ0v) is 14.7. The predicted octanol–water partition coefficient (Wildman–Crippen LogP) is 6.27. The molecule has 0 N–H and O–H groups in total. The summed E-state index contributed by atoms with van der Waals surface area (Å²) < 4.78 is 0. The Morgan fingerprint density at radius 2 is 1.65 bits per heavy atom. The Labute approximate surface area is 140 Å². The number of aryl methyl sites for hydroxylation is 1. The summed E-state index contributed by atoms with van der Waals surface area (Å²) in [5.74, 6) is 0. The van der Waals surface area contributed by atoms with Gasteiger partial charge < -0.3 is 4.90 Å². The van der Waals surface area contributed by atoms with Crippen molar-refractivity contribution < 1.29 is 0 Å². The normalized spacial score (nSPS) is 16.8. The molecule has 0 fully saturated rings. The van der Waals surface area contributed by atoms with E-state index in [1.54, 1.807) is 0 Å². The van der Waals surface area contributed by atoms with Crippen molar-refractivity contribution in [2.45, 2.75) is 40.0 Å². The Morgan fingerprint density at radius 1 is 0.957 bits per heavy atom. The van der Waals surface area contributed by atoms with Crippen molar-refractivity contribution in [1.29, 1.82) is 0 Å². The largest absolute Gasteiger partial charge is 0.310 e. The highest BCUT2D eigenvalue weighted by molar-refractivity contribution is 5.78. The third kappa shape index (κ3) is 2.50. The van der Waals surface area contributed by atoms with Crippen molar-refractivity contribution >= 4 is 11.4 Å². The fourth-order valence-corrected chi connectivity index (χ4v) is 3.38. The van der Waals surface area contributed by atoms with E-state index < -0.39 is 0 Å². The van der Waals surface area contributed by atoms with Gasteiger partial charge in [-0.3, -0.25) is 0 Å². The average Bonchev–Trinajstić information content (AvgIpc) is 2.54. The molecule has 1 heterocycles. The molecule has 0 bridgehead atoms. The second-order valence-electron chi connectivity index (χ2n) is 6.83. The molecule has 0 saturated carbocycles. The lowest BCUT2D eigenvalue weighted by Crippen LogP contribution is -2.33. The fourth-order valence-electron chi connectivity index (χ4n) is 3.38. The average molecular weight is 303 g/mol. The molecule has 118 valence electrons. The smallest absolute Gasteiger partial charge is 0.0502 e. The Bertz CT molecular complexity index is 779. The summed E-state index contributed by atoms with van der Waals surface area (Å²) in [5, 5.41) is 0. The summed E-state index contributed by atoms with van der Waals surface area (Å²) in [5.41, 5.74) is 7.91. The maximum atomic E-state index is 2.38. The molecule has 2 aromatic carbocycles. The molecule has 0 atom stereocenters. The summed E-state index contributed by atoms with van der Waals surface area (Å²) in [6.45, 7) is 11.2. The highest BCUT2D eigenvalue weighted by atomic mass is 15.2. The first kappa shape index (κ1) is 15.6. The van der Waals surface area contributed by atoms with Gasteiger partial charge in [0, 0.05) is 16.8 Å². The minimum absolute atomic E-state index is 0.0292. The van der Waals surface area contributed by atoms with Gasteiger partial charge in [-0.15, -0.1) is 0 Å². The van der Waals surface area contributed by atoms with E-state index >= 15 is 0 Å². The van der Waals surface area contributed by atoms with E-state index in [0.717, 1.165) is 0 Å². The SMILES string of the molecule is C/C=C\C1=C(C)C(C)(C)c2cc(C)ccc2N1c1ccccc1. The number of nitrogens with zero attached hydrogens (tertiary/aromatic N) is 1. The van der Waals surface area contributed by atoms with Crippen molar-refractivity contribution in [1.82, 2.24) is 0 Å². The Kier molecular flexibility index (Phi) is 3.89. The summed E-state index contributed by atoms with van der Waals surface area (Å²) in [4.78, 5) is 2.38. The summed E-state index contributed by atoms with van der Waals surface area (Å²) in [6.07, 6.45) is 4.36. The predicted molar refractivity (Wildman–Crippen MR) is 100 cm³/mol. The number of benzene rings is 2. The van der Waals surface area contributed by atoms with Gasteiger partial charge in [0.1, 0.15) is 0 Å². The van der Waals surface area contributed by atoms with Crippen LogP contribution in [0.3, 0.4) is 0 Å².